The van der Waals surface area contributed by atoms with Gasteiger partial charge in [-0.3, -0.25) is 0 Å². The minimum atomic E-state index is -0.256. The summed E-state index contributed by atoms with van der Waals surface area (Å²) in [5, 5.41) is 0. The summed E-state index contributed by atoms with van der Waals surface area (Å²) in [6.07, 6.45) is 17.5. The Labute approximate surface area is 213 Å². The zero-order valence-corrected chi connectivity index (χ0v) is 22.3. The molecule has 0 saturated carbocycles. The van der Waals surface area contributed by atoms with Crippen LogP contribution in [0.1, 0.15) is 108 Å². The standard InChI is InChI=1S/C32H46O3/c1-4-5-6-7-8-9-10-11-12-13-24-33-30-22-18-28(19-23-30)15-14-27-16-20-29(21-17-27)31-34-25-32(2,3)26-35-31/h14-23,31H,4-13,24-26H2,1-3H3/b15-14+. The first kappa shape index (κ1) is 27.5. The van der Waals surface area contributed by atoms with E-state index >= 15 is 0 Å². The van der Waals surface area contributed by atoms with Gasteiger partial charge in [-0.15, -0.1) is 0 Å². The van der Waals surface area contributed by atoms with Crippen LogP contribution in [0.5, 0.6) is 5.75 Å². The molecule has 3 nitrogen and oxygen atoms in total. The number of unbranched alkanes of at least 4 members (excludes halogenated alkanes) is 9. The highest BCUT2D eigenvalue weighted by molar-refractivity contribution is 5.69. The number of hydrogen-bond acceptors (Lipinski definition) is 3. The van der Waals surface area contributed by atoms with Gasteiger partial charge in [-0.25, -0.2) is 0 Å². The highest BCUT2D eigenvalue weighted by atomic mass is 16.7. The molecule has 2 aromatic rings. The first-order chi connectivity index (χ1) is 17.1. The Morgan fingerprint density at radius 3 is 1.74 bits per heavy atom. The summed E-state index contributed by atoms with van der Waals surface area (Å²) >= 11 is 0. The van der Waals surface area contributed by atoms with Crippen LogP contribution in [-0.2, 0) is 9.47 Å². The highest BCUT2D eigenvalue weighted by Gasteiger charge is 2.28. The van der Waals surface area contributed by atoms with Crippen LogP contribution in [0.3, 0.4) is 0 Å². The Morgan fingerprint density at radius 2 is 1.20 bits per heavy atom. The van der Waals surface area contributed by atoms with E-state index in [4.69, 9.17) is 14.2 Å². The minimum absolute atomic E-state index is 0.0900. The second-order valence-electron chi connectivity index (χ2n) is 10.7. The zero-order valence-electron chi connectivity index (χ0n) is 22.3. The largest absolute Gasteiger partial charge is 0.494 e. The number of rotatable bonds is 15. The molecule has 0 amide bonds. The van der Waals surface area contributed by atoms with Gasteiger partial charge in [0.2, 0.25) is 0 Å². The molecule has 1 aliphatic heterocycles. The van der Waals surface area contributed by atoms with E-state index in [-0.39, 0.29) is 11.7 Å². The summed E-state index contributed by atoms with van der Waals surface area (Å²) in [6, 6.07) is 16.8. The van der Waals surface area contributed by atoms with Crippen LogP contribution in [0, 0.1) is 5.41 Å². The van der Waals surface area contributed by atoms with Crippen molar-refractivity contribution < 1.29 is 14.2 Å². The first-order valence-electron chi connectivity index (χ1n) is 13.8. The van der Waals surface area contributed by atoms with Gasteiger partial charge in [-0.1, -0.05) is 127 Å². The van der Waals surface area contributed by atoms with Crippen molar-refractivity contribution in [2.24, 2.45) is 5.41 Å². The molecular weight excluding hydrogens is 432 g/mol. The molecule has 35 heavy (non-hydrogen) atoms. The maximum atomic E-state index is 5.93. The third-order valence-corrected chi connectivity index (χ3v) is 6.57. The van der Waals surface area contributed by atoms with Gasteiger partial charge in [0.1, 0.15) is 5.75 Å². The molecular formula is C32H46O3. The van der Waals surface area contributed by atoms with Gasteiger partial charge in [0.25, 0.3) is 0 Å². The van der Waals surface area contributed by atoms with E-state index in [1.165, 1.54) is 63.4 Å². The number of benzene rings is 2. The normalized spacial score (nSPS) is 16.1. The molecule has 0 bridgehead atoms. The van der Waals surface area contributed by atoms with E-state index in [1.807, 2.05) is 0 Å². The molecule has 3 rings (SSSR count). The van der Waals surface area contributed by atoms with Gasteiger partial charge < -0.3 is 14.2 Å². The summed E-state index contributed by atoms with van der Waals surface area (Å²) in [5.41, 5.74) is 3.49. The fourth-order valence-corrected chi connectivity index (χ4v) is 4.30. The smallest absolute Gasteiger partial charge is 0.183 e. The van der Waals surface area contributed by atoms with Crippen molar-refractivity contribution >= 4 is 12.2 Å². The topological polar surface area (TPSA) is 27.7 Å². The van der Waals surface area contributed by atoms with Crippen molar-refractivity contribution in [3.8, 4) is 5.75 Å². The van der Waals surface area contributed by atoms with E-state index in [0.29, 0.717) is 0 Å². The van der Waals surface area contributed by atoms with Crippen molar-refractivity contribution in [2.45, 2.75) is 91.3 Å². The Kier molecular flexibility index (Phi) is 11.9. The third kappa shape index (κ3) is 10.6. The fraction of sp³-hybridized carbons (Fsp3) is 0.562. The van der Waals surface area contributed by atoms with Crippen LogP contribution < -0.4 is 4.74 Å². The molecule has 3 heteroatoms. The molecule has 192 valence electrons. The van der Waals surface area contributed by atoms with Crippen molar-refractivity contribution in [1.82, 2.24) is 0 Å². The van der Waals surface area contributed by atoms with E-state index < -0.39 is 0 Å². The lowest BCUT2D eigenvalue weighted by Crippen LogP contribution is -2.33. The van der Waals surface area contributed by atoms with Crippen molar-refractivity contribution in [3.05, 3.63) is 65.2 Å². The van der Waals surface area contributed by atoms with Gasteiger partial charge in [-0.2, -0.15) is 0 Å². The Hall–Kier alpha value is -2.10. The lowest BCUT2D eigenvalue weighted by molar-refractivity contribution is -0.226. The van der Waals surface area contributed by atoms with Gasteiger partial charge in [0, 0.05) is 11.0 Å². The van der Waals surface area contributed by atoms with Crippen LogP contribution in [0.4, 0.5) is 0 Å². The highest BCUT2D eigenvalue weighted by Crippen LogP contribution is 2.31. The summed E-state index contributed by atoms with van der Waals surface area (Å²) in [7, 11) is 0. The predicted octanol–water partition coefficient (Wildman–Crippen LogP) is 9.23. The van der Waals surface area contributed by atoms with Crippen molar-refractivity contribution in [1.29, 1.82) is 0 Å². The molecule has 0 aliphatic carbocycles. The van der Waals surface area contributed by atoms with Crippen LogP contribution in [-0.4, -0.2) is 19.8 Å². The molecule has 1 saturated heterocycles. The van der Waals surface area contributed by atoms with Crippen LogP contribution in [0.25, 0.3) is 12.2 Å². The number of hydrogen-bond donors (Lipinski definition) is 0. The maximum Gasteiger partial charge on any atom is 0.183 e. The molecule has 1 fully saturated rings. The van der Waals surface area contributed by atoms with Crippen molar-refractivity contribution in [3.63, 3.8) is 0 Å². The van der Waals surface area contributed by atoms with E-state index in [2.05, 4.69) is 81.5 Å². The lowest BCUT2D eigenvalue weighted by Gasteiger charge is -2.34. The zero-order chi connectivity index (χ0) is 24.8. The molecule has 1 heterocycles. The molecule has 0 aromatic heterocycles. The Morgan fingerprint density at radius 1 is 0.714 bits per heavy atom. The molecule has 0 unspecified atom stereocenters. The molecule has 0 N–H and O–H groups in total. The van der Waals surface area contributed by atoms with Gasteiger partial charge in [0.15, 0.2) is 6.29 Å². The monoisotopic (exact) mass is 478 g/mol. The molecule has 0 atom stereocenters. The predicted molar refractivity (Wildman–Crippen MR) is 148 cm³/mol. The quantitative estimate of drug-likeness (QED) is 0.189. The summed E-state index contributed by atoms with van der Waals surface area (Å²) < 4.78 is 17.7. The second-order valence-corrected chi connectivity index (χ2v) is 10.7. The molecule has 1 aliphatic rings. The maximum absolute atomic E-state index is 5.93. The van der Waals surface area contributed by atoms with Crippen LogP contribution >= 0.6 is 0 Å². The number of ether oxygens (including phenoxy) is 3. The van der Waals surface area contributed by atoms with E-state index in [9.17, 15) is 0 Å². The SMILES string of the molecule is CCCCCCCCCCCCOc1ccc(/C=C/c2ccc(C3OCC(C)(C)CO3)cc2)cc1. The van der Waals surface area contributed by atoms with E-state index in [0.717, 1.165) is 43.1 Å². The fourth-order valence-electron chi connectivity index (χ4n) is 4.30. The Balaban J connectivity index is 1.30. The molecule has 2 aromatic carbocycles. The summed E-state index contributed by atoms with van der Waals surface area (Å²) in [5.74, 6) is 0.957. The summed E-state index contributed by atoms with van der Waals surface area (Å²) in [6.45, 7) is 8.85. The average molecular weight is 479 g/mol. The van der Waals surface area contributed by atoms with Gasteiger partial charge in [0.05, 0.1) is 19.8 Å². The molecule has 0 spiro atoms. The van der Waals surface area contributed by atoms with Gasteiger partial charge >= 0.3 is 0 Å². The van der Waals surface area contributed by atoms with Crippen molar-refractivity contribution in [2.75, 3.05) is 19.8 Å². The summed E-state index contributed by atoms with van der Waals surface area (Å²) in [4.78, 5) is 0. The minimum Gasteiger partial charge on any atom is -0.494 e. The van der Waals surface area contributed by atoms with E-state index in [1.54, 1.807) is 0 Å². The Bertz CT molecular complexity index is 841. The first-order valence-corrected chi connectivity index (χ1v) is 13.8. The second kappa shape index (κ2) is 15.1. The van der Waals surface area contributed by atoms with Crippen LogP contribution in [0.2, 0.25) is 0 Å². The lowest BCUT2D eigenvalue weighted by atomic mass is 9.95. The third-order valence-electron chi connectivity index (χ3n) is 6.57. The van der Waals surface area contributed by atoms with Crippen LogP contribution in [0.15, 0.2) is 48.5 Å². The van der Waals surface area contributed by atoms with Gasteiger partial charge in [-0.05, 0) is 29.7 Å². The molecule has 0 radical (unpaired) electrons. The average Bonchev–Trinajstić information content (AvgIpc) is 2.87.